The Morgan fingerprint density at radius 1 is 1.12 bits per heavy atom. The molecule has 126 valence electrons. The van der Waals surface area contributed by atoms with Crippen LogP contribution in [-0.2, 0) is 19.5 Å². The molecule has 0 saturated heterocycles. The first-order valence-electron chi connectivity index (χ1n) is 8.30. The Bertz CT molecular complexity index is 874. The Morgan fingerprint density at radius 3 is 2.60 bits per heavy atom. The first-order chi connectivity index (χ1) is 12.2. The van der Waals surface area contributed by atoms with Crippen molar-refractivity contribution < 1.29 is 4.79 Å². The van der Waals surface area contributed by atoms with Crippen LogP contribution in [0.2, 0.25) is 5.02 Å². The molecule has 0 fully saturated rings. The monoisotopic (exact) mass is 351 g/mol. The largest absolute Gasteiger partial charge is 0.335 e. The lowest BCUT2D eigenvalue weighted by atomic mass is 9.93. The SMILES string of the molecule is O=C(c1ccc(Cl)cc1)N1Cc2ccccc2CC1Cn1ccnc1. The van der Waals surface area contributed by atoms with Gasteiger partial charge in [0.05, 0.1) is 12.4 Å². The summed E-state index contributed by atoms with van der Waals surface area (Å²) in [7, 11) is 0. The van der Waals surface area contributed by atoms with Gasteiger partial charge in [0.25, 0.3) is 5.91 Å². The lowest BCUT2D eigenvalue weighted by Gasteiger charge is -2.37. The summed E-state index contributed by atoms with van der Waals surface area (Å²) in [6, 6.07) is 15.5. The number of amides is 1. The van der Waals surface area contributed by atoms with Crippen molar-refractivity contribution in [2.45, 2.75) is 25.6 Å². The minimum Gasteiger partial charge on any atom is -0.335 e. The van der Waals surface area contributed by atoms with Crippen molar-refractivity contribution in [1.82, 2.24) is 14.5 Å². The smallest absolute Gasteiger partial charge is 0.254 e. The topological polar surface area (TPSA) is 38.1 Å². The van der Waals surface area contributed by atoms with Gasteiger partial charge in [0.2, 0.25) is 0 Å². The maximum Gasteiger partial charge on any atom is 0.254 e. The van der Waals surface area contributed by atoms with Crippen molar-refractivity contribution in [3.05, 3.63) is 89.0 Å². The van der Waals surface area contributed by atoms with Crippen LogP contribution in [0.25, 0.3) is 0 Å². The van der Waals surface area contributed by atoms with Crippen molar-refractivity contribution in [1.29, 1.82) is 0 Å². The fourth-order valence-electron chi connectivity index (χ4n) is 3.38. The van der Waals surface area contributed by atoms with Crippen LogP contribution >= 0.6 is 11.6 Å². The zero-order valence-corrected chi connectivity index (χ0v) is 14.4. The molecule has 0 bridgehead atoms. The van der Waals surface area contributed by atoms with Gasteiger partial charge in [-0.3, -0.25) is 4.79 Å². The number of carbonyl (C=O) groups excluding carboxylic acids is 1. The fraction of sp³-hybridized carbons (Fsp3) is 0.200. The summed E-state index contributed by atoms with van der Waals surface area (Å²) in [5, 5.41) is 0.635. The van der Waals surface area contributed by atoms with Crippen molar-refractivity contribution in [3.63, 3.8) is 0 Å². The molecule has 0 saturated carbocycles. The molecule has 2 aromatic carbocycles. The number of halogens is 1. The standard InChI is InChI=1S/C20H18ClN3O/c21-18-7-5-15(6-8-18)20(25)24-12-17-4-2-1-3-16(17)11-19(24)13-23-10-9-22-14-23/h1-10,14,19H,11-13H2. The summed E-state index contributed by atoms with van der Waals surface area (Å²) < 4.78 is 2.03. The number of imidazole rings is 1. The number of rotatable bonds is 3. The molecular formula is C20H18ClN3O. The summed E-state index contributed by atoms with van der Waals surface area (Å²) in [6.45, 7) is 1.35. The molecule has 1 aliphatic rings. The fourth-order valence-corrected chi connectivity index (χ4v) is 3.51. The number of hydrogen-bond donors (Lipinski definition) is 0. The third-order valence-corrected chi connectivity index (χ3v) is 4.94. The van der Waals surface area contributed by atoms with Gasteiger partial charge in [-0.2, -0.15) is 0 Å². The van der Waals surface area contributed by atoms with Gasteiger partial charge in [-0.1, -0.05) is 35.9 Å². The van der Waals surface area contributed by atoms with Gasteiger partial charge in [-0.15, -0.1) is 0 Å². The van der Waals surface area contributed by atoms with Crippen molar-refractivity contribution in [2.75, 3.05) is 0 Å². The van der Waals surface area contributed by atoms with E-state index >= 15 is 0 Å². The first kappa shape index (κ1) is 15.9. The number of aromatic nitrogens is 2. The molecule has 4 rings (SSSR count). The highest BCUT2D eigenvalue weighted by atomic mass is 35.5. The van der Waals surface area contributed by atoms with E-state index in [4.69, 9.17) is 11.6 Å². The van der Waals surface area contributed by atoms with Crippen LogP contribution in [0.15, 0.2) is 67.3 Å². The molecule has 0 aliphatic carbocycles. The predicted molar refractivity (Wildman–Crippen MR) is 97.5 cm³/mol. The second-order valence-electron chi connectivity index (χ2n) is 6.33. The number of hydrogen-bond acceptors (Lipinski definition) is 2. The normalized spacial score (nSPS) is 16.5. The molecule has 1 aliphatic heterocycles. The zero-order valence-electron chi connectivity index (χ0n) is 13.7. The minimum absolute atomic E-state index is 0.0382. The average Bonchev–Trinajstić information content (AvgIpc) is 3.14. The minimum atomic E-state index is 0.0382. The van der Waals surface area contributed by atoms with E-state index in [0.717, 1.165) is 13.0 Å². The number of carbonyl (C=O) groups is 1. The summed E-state index contributed by atoms with van der Waals surface area (Å²) in [5.41, 5.74) is 3.19. The molecule has 5 heteroatoms. The van der Waals surface area contributed by atoms with E-state index < -0.39 is 0 Å². The number of benzene rings is 2. The highest BCUT2D eigenvalue weighted by molar-refractivity contribution is 6.30. The van der Waals surface area contributed by atoms with E-state index in [2.05, 4.69) is 23.2 Å². The molecule has 2 heterocycles. The number of nitrogens with zero attached hydrogens (tertiary/aromatic N) is 3. The maximum atomic E-state index is 13.1. The van der Waals surface area contributed by atoms with Crippen LogP contribution in [0, 0.1) is 0 Å². The van der Waals surface area contributed by atoms with Gasteiger partial charge in [-0.05, 0) is 41.8 Å². The van der Waals surface area contributed by atoms with Crippen molar-refractivity contribution in [2.24, 2.45) is 0 Å². The van der Waals surface area contributed by atoms with E-state index in [0.29, 0.717) is 17.1 Å². The maximum absolute atomic E-state index is 13.1. The van der Waals surface area contributed by atoms with Crippen LogP contribution in [-0.4, -0.2) is 26.4 Å². The molecule has 0 spiro atoms. The Kier molecular flexibility index (Phi) is 4.28. The summed E-state index contributed by atoms with van der Waals surface area (Å²) >= 11 is 5.96. The van der Waals surface area contributed by atoms with Gasteiger partial charge in [0.1, 0.15) is 0 Å². The third kappa shape index (κ3) is 3.30. The van der Waals surface area contributed by atoms with E-state index in [9.17, 15) is 4.79 Å². The zero-order chi connectivity index (χ0) is 17.2. The molecule has 1 amide bonds. The lowest BCUT2D eigenvalue weighted by Crippen LogP contribution is -2.46. The van der Waals surface area contributed by atoms with Crippen LogP contribution in [0.1, 0.15) is 21.5 Å². The predicted octanol–water partition coefficient (Wildman–Crippen LogP) is 3.80. The average molecular weight is 352 g/mol. The molecule has 4 nitrogen and oxygen atoms in total. The van der Waals surface area contributed by atoms with E-state index in [1.165, 1.54) is 11.1 Å². The lowest BCUT2D eigenvalue weighted by molar-refractivity contribution is 0.0618. The molecule has 3 aromatic rings. The van der Waals surface area contributed by atoms with Crippen LogP contribution in [0.3, 0.4) is 0 Å². The molecule has 1 atom stereocenters. The molecule has 25 heavy (non-hydrogen) atoms. The quantitative estimate of drug-likeness (QED) is 0.719. The summed E-state index contributed by atoms with van der Waals surface area (Å²) in [5.74, 6) is 0.0382. The Labute approximate surface area is 151 Å². The van der Waals surface area contributed by atoms with Gasteiger partial charge in [-0.25, -0.2) is 4.98 Å². The van der Waals surface area contributed by atoms with Crippen LogP contribution in [0.4, 0.5) is 0 Å². The van der Waals surface area contributed by atoms with Crippen LogP contribution < -0.4 is 0 Å². The molecular weight excluding hydrogens is 334 g/mol. The van der Waals surface area contributed by atoms with Gasteiger partial charge >= 0.3 is 0 Å². The van der Waals surface area contributed by atoms with E-state index in [1.54, 1.807) is 36.8 Å². The van der Waals surface area contributed by atoms with E-state index in [1.807, 2.05) is 21.7 Å². The highest BCUT2D eigenvalue weighted by Gasteiger charge is 2.30. The first-order valence-corrected chi connectivity index (χ1v) is 8.67. The Balaban J connectivity index is 1.66. The van der Waals surface area contributed by atoms with Gasteiger partial charge in [0.15, 0.2) is 0 Å². The summed E-state index contributed by atoms with van der Waals surface area (Å²) in [6.07, 6.45) is 6.34. The van der Waals surface area contributed by atoms with E-state index in [-0.39, 0.29) is 11.9 Å². The summed E-state index contributed by atoms with van der Waals surface area (Å²) in [4.78, 5) is 19.2. The number of fused-ring (bicyclic) bond motifs is 1. The van der Waals surface area contributed by atoms with Crippen molar-refractivity contribution >= 4 is 17.5 Å². The second-order valence-corrected chi connectivity index (χ2v) is 6.76. The molecule has 1 aromatic heterocycles. The highest BCUT2D eigenvalue weighted by Crippen LogP contribution is 2.26. The van der Waals surface area contributed by atoms with Gasteiger partial charge in [0, 0.05) is 36.1 Å². The van der Waals surface area contributed by atoms with Gasteiger partial charge < -0.3 is 9.47 Å². The molecule has 0 N–H and O–H groups in total. The Morgan fingerprint density at radius 2 is 1.88 bits per heavy atom. The third-order valence-electron chi connectivity index (χ3n) is 4.69. The second kappa shape index (κ2) is 6.73. The Hall–Kier alpha value is -2.59. The molecule has 1 unspecified atom stereocenters. The van der Waals surface area contributed by atoms with Crippen molar-refractivity contribution in [3.8, 4) is 0 Å². The molecule has 0 radical (unpaired) electrons. The van der Waals surface area contributed by atoms with Crippen LogP contribution in [0.5, 0.6) is 0 Å².